The van der Waals surface area contributed by atoms with Gasteiger partial charge in [-0.2, -0.15) is 0 Å². The van der Waals surface area contributed by atoms with E-state index in [1.54, 1.807) is 0 Å². The second kappa shape index (κ2) is 3.62. The Morgan fingerprint density at radius 3 is 2.93 bits per heavy atom. The molecule has 15 heavy (non-hydrogen) atoms. The Morgan fingerprint density at radius 2 is 2.33 bits per heavy atom. The molecule has 0 spiro atoms. The predicted octanol–water partition coefficient (Wildman–Crippen LogP) is 1.71. The van der Waals surface area contributed by atoms with Crippen LogP contribution in [0.15, 0.2) is 24.3 Å². The molecule has 1 aliphatic heterocycles. The molecule has 2 heteroatoms. The van der Waals surface area contributed by atoms with Gasteiger partial charge < -0.3 is 10.1 Å². The lowest BCUT2D eigenvalue weighted by molar-refractivity contribution is -0.0874. The van der Waals surface area contributed by atoms with Gasteiger partial charge in [0.25, 0.3) is 0 Å². The average Bonchev–Trinajstić information content (AvgIpc) is 3.15. The number of hydrogen-bond acceptors (Lipinski definition) is 2. The molecule has 2 aliphatic rings. The molecule has 1 N–H and O–H groups in total. The molecule has 1 aromatic carbocycles. The van der Waals surface area contributed by atoms with Crippen molar-refractivity contribution in [3.63, 3.8) is 0 Å². The number of rotatable bonds is 2. The van der Waals surface area contributed by atoms with Crippen molar-refractivity contribution in [3.05, 3.63) is 35.9 Å². The highest BCUT2D eigenvalue weighted by Gasteiger charge is 2.48. The summed E-state index contributed by atoms with van der Waals surface area (Å²) in [5, 5.41) is 3.45. The number of benzene rings is 1. The molecule has 1 atom stereocenters. The highest BCUT2D eigenvalue weighted by atomic mass is 16.5. The summed E-state index contributed by atoms with van der Waals surface area (Å²) in [7, 11) is 0. The second-order valence-electron chi connectivity index (χ2n) is 4.47. The van der Waals surface area contributed by atoms with Gasteiger partial charge >= 0.3 is 0 Å². The zero-order valence-corrected chi connectivity index (χ0v) is 8.83. The predicted molar refractivity (Wildman–Crippen MR) is 58.5 cm³/mol. The van der Waals surface area contributed by atoms with Crippen molar-refractivity contribution in [2.75, 3.05) is 19.7 Å². The van der Waals surface area contributed by atoms with Crippen molar-refractivity contribution in [3.8, 4) is 0 Å². The molecule has 2 fully saturated rings. The van der Waals surface area contributed by atoms with Crippen LogP contribution in [0.5, 0.6) is 0 Å². The minimum absolute atomic E-state index is 0.0838. The average molecular weight is 202 g/mol. The molecular weight excluding hydrogens is 186 g/mol. The van der Waals surface area contributed by atoms with Crippen LogP contribution >= 0.6 is 0 Å². The Labute approximate surface area is 90.6 Å². The smallest absolute Gasteiger partial charge is 0.109 e. The Kier molecular flexibility index (Phi) is 2.26. The standard InChI is InChI=1S/C13H16NO/c1-2-4-11(5-3-1)13(12-6-7-12)10-14-8-9-15-13/h1-4,12,14H,6-10H2. The fourth-order valence-corrected chi connectivity index (χ4v) is 2.49. The summed E-state index contributed by atoms with van der Waals surface area (Å²) in [4.78, 5) is 0. The summed E-state index contributed by atoms with van der Waals surface area (Å²) in [6.07, 6.45) is 2.59. The minimum Gasteiger partial charge on any atom is -0.367 e. The fourth-order valence-electron chi connectivity index (χ4n) is 2.49. The number of ether oxygens (including phenoxy) is 1. The molecule has 1 heterocycles. The van der Waals surface area contributed by atoms with E-state index < -0.39 is 0 Å². The monoisotopic (exact) mass is 202 g/mol. The minimum atomic E-state index is -0.0838. The van der Waals surface area contributed by atoms with Crippen molar-refractivity contribution in [2.24, 2.45) is 5.92 Å². The van der Waals surface area contributed by atoms with E-state index in [4.69, 9.17) is 4.74 Å². The van der Waals surface area contributed by atoms with Gasteiger partial charge in [0.05, 0.1) is 6.61 Å². The van der Waals surface area contributed by atoms with Gasteiger partial charge in [-0.3, -0.25) is 0 Å². The maximum absolute atomic E-state index is 6.08. The third kappa shape index (κ3) is 1.58. The first-order valence-corrected chi connectivity index (χ1v) is 5.74. The van der Waals surface area contributed by atoms with Crippen molar-refractivity contribution >= 4 is 0 Å². The lowest BCUT2D eigenvalue weighted by Crippen LogP contribution is -2.49. The van der Waals surface area contributed by atoms with Crippen molar-refractivity contribution < 1.29 is 4.74 Å². The first-order valence-electron chi connectivity index (χ1n) is 5.74. The first kappa shape index (κ1) is 9.37. The molecule has 79 valence electrons. The zero-order chi connectivity index (χ0) is 10.1. The number of nitrogens with one attached hydrogen (secondary N) is 1. The van der Waals surface area contributed by atoms with Gasteiger partial charge in [0.15, 0.2) is 0 Å². The van der Waals surface area contributed by atoms with Gasteiger partial charge in [-0.1, -0.05) is 24.3 Å². The maximum atomic E-state index is 6.08. The van der Waals surface area contributed by atoms with Crippen LogP contribution in [-0.2, 0) is 10.3 Å². The lowest BCUT2D eigenvalue weighted by atomic mass is 9.87. The van der Waals surface area contributed by atoms with Crippen LogP contribution < -0.4 is 5.32 Å². The molecule has 1 radical (unpaired) electrons. The Balaban J connectivity index is 1.95. The van der Waals surface area contributed by atoms with E-state index in [0.29, 0.717) is 5.92 Å². The van der Waals surface area contributed by atoms with E-state index >= 15 is 0 Å². The molecule has 0 bridgehead atoms. The van der Waals surface area contributed by atoms with Crippen molar-refractivity contribution in [2.45, 2.75) is 18.4 Å². The highest BCUT2D eigenvalue weighted by Crippen LogP contribution is 2.48. The van der Waals surface area contributed by atoms with Crippen LogP contribution in [0, 0.1) is 12.0 Å². The van der Waals surface area contributed by atoms with Gasteiger partial charge in [0.2, 0.25) is 0 Å². The third-order valence-corrected chi connectivity index (χ3v) is 3.43. The highest BCUT2D eigenvalue weighted by molar-refractivity contribution is 5.25. The summed E-state index contributed by atoms with van der Waals surface area (Å²) in [5.41, 5.74) is 1.14. The van der Waals surface area contributed by atoms with Gasteiger partial charge in [-0.25, -0.2) is 0 Å². The molecule has 1 saturated heterocycles. The lowest BCUT2D eigenvalue weighted by Gasteiger charge is -2.38. The molecule has 1 saturated carbocycles. The van der Waals surface area contributed by atoms with Crippen LogP contribution in [-0.4, -0.2) is 19.7 Å². The maximum Gasteiger partial charge on any atom is 0.109 e. The summed E-state index contributed by atoms with van der Waals surface area (Å²) in [6.45, 7) is 2.73. The van der Waals surface area contributed by atoms with Crippen LogP contribution in [0.4, 0.5) is 0 Å². The topological polar surface area (TPSA) is 21.3 Å². The Hall–Kier alpha value is -0.860. The Bertz CT molecular complexity index is 326. The van der Waals surface area contributed by atoms with Crippen LogP contribution in [0.3, 0.4) is 0 Å². The molecule has 0 amide bonds. The van der Waals surface area contributed by atoms with Crippen LogP contribution in [0.2, 0.25) is 0 Å². The second-order valence-corrected chi connectivity index (χ2v) is 4.47. The van der Waals surface area contributed by atoms with Crippen molar-refractivity contribution in [1.29, 1.82) is 0 Å². The van der Waals surface area contributed by atoms with Gasteiger partial charge in [0.1, 0.15) is 5.60 Å². The zero-order valence-electron chi connectivity index (χ0n) is 8.83. The number of morpholine rings is 1. The van der Waals surface area contributed by atoms with Crippen LogP contribution in [0.1, 0.15) is 18.4 Å². The number of hydrogen-bond donors (Lipinski definition) is 1. The van der Waals surface area contributed by atoms with E-state index in [0.717, 1.165) is 19.7 Å². The summed E-state index contributed by atoms with van der Waals surface area (Å²) >= 11 is 0. The fraction of sp³-hybridized carbons (Fsp3) is 0.538. The van der Waals surface area contributed by atoms with E-state index in [1.807, 2.05) is 12.1 Å². The molecule has 2 nitrogen and oxygen atoms in total. The SMILES string of the molecule is [c]1ccccc1C1(C2CC2)CNCCO1. The Morgan fingerprint density at radius 1 is 1.40 bits per heavy atom. The quantitative estimate of drug-likeness (QED) is 0.788. The summed E-state index contributed by atoms with van der Waals surface area (Å²) < 4.78 is 6.08. The van der Waals surface area contributed by atoms with E-state index in [9.17, 15) is 0 Å². The van der Waals surface area contributed by atoms with E-state index in [-0.39, 0.29) is 5.60 Å². The molecule has 1 aromatic rings. The van der Waals surface area contributed by atoms with Gasteiger partial charge in [-0.15, -0.1) is 0 Å². The first-order chi connectivity index (χ1) is 7.42. The van der Waals surface area contributed by atoms with E-state index in [2.05, 4.69) is 23.5 Å². The van der Waals surface area contributed by atoms with Crippen LogP contribution in [0.25, 0.3) is 0 Å². The summed E-state index contributed by atoms with van der Waals surface area (Å²) in [5.74, 6) is 0.698. The molecular formula is C13H16NO. The molecule has 3 rings (SSSR count). The third-order valence-electron chi connectivity index (χ3n) is 3.43. The molecule has 0 aromatic heterocycles. The van der Waals surface area contributed by atoms with Gasteiger partial charge in [-0.05, 0) is 30.4 Å². The molecule has 1 aliphatic carbocycles. The largest absolute Gasteiger partial charge is 0.367 e. The van der Waals surface area contributed by atoms with E-state index in [1.165, 1.54) is 18.4 Å². The normalized spacial score (nSPS) is 31.5. The summed E-state index contributed by atoms with van der Waals surface area (Å²) in [6, 6.07) is 11.6. The molecule has 1 unspecified atom stereocenters. The van der Waals surface area contributed by atoms with Crippen molar-refractivity contribution in [1.82, 2.24) is 5.32 Å². The van der Waals surface area contributed by atoms with Gasteiger partial charge in [0, 0.05) is 13.1 Å².